The number of nitrogens with zero attached hydrogens (tertiary/aromatic N) is 3. The fourth-order valence-corrected chi connectivity index (χ4v) is 4.43. The second kappa shape index (κ2) is 6.82. The van der Waals surface area contributed by atoms with Crippen LogP contribution in [0.4, 0.5) is 4.39 Å². The Morgan fingerprint density at radius 3 is 2.62 bits per heavy atom. The van der Waals surface area contributed by atoms with Crippen molar-refractivity contribution in [3.05, 3.63) is 48.2 Å². The highest BCUT2D eigenvalue weighted by Crippen LogP contribution is 2.25. The maximum Gasteiger partial charge on any atom is 0.243 e. The molecule has 1 aliphatic rings. The van der Waals surface area contributed by atoms with Crippen LogP contribution in [-0.4, -0.2) is 41.9 Å². The van der Waals surface area contributed by atoms with Crippen molar-refractivity contribution in [3.8, 4) is 5.88 Å². The molecule has 0 radical (unpaired) electrons. The van der Waals surface area contributed by atoms with Gasteiger partial charge in [0.1, 0.15) is 18.2 Å². The summed E-state index contributed by atoms with van der Waals surface area (Å²) in [5.74, 6) is 0.0455. The molecule has 0 unspecified atom stereocenters. The van der Waals surface area contributed by atoms with E-state index >= 15 is 0 Å². The Morgan fingerprint density at radius 1 is 1.25 bits per heavy atom. The van der Waals surface area contributed by atoms with Gasteiger partial charge in [0.2, 0.25) is 15.9 Å². The Labute approximate surface area is 140 Å². The minimum atomic E-state index is -3.62. The summed E-state index contributed by atoms with van der Waals surface area (Å²) in [4.78, 5) is 7.98. The van der Waals surface area contributed by atoms with Crippen molar-refractivity contribution in [3.63, 3.8) is 0 Å². The van der Waals surface area contributed by atoms with Gasteiger partial charge in [0.25, 0.3) is 0 Å². The molecule has 0 atom stereocenters. The number of aromatic nitrogens is 2. The Hall–Kier alpha value is -2.06. The molecule has 0 saturated carbocycles. The summed E-state index contributed by atoms with van der Waals surface area (Å²) >= 11 is 0. The van der Waals surface area contributed by atoms with E-state index in [1.807, 2.05) is 0 Å². The molecule has 1 saturated heterocycles. The Balaban J connectivity index is 1.67. The van der Waals surface area contributed by atoms with Crippen LogP contribution in [0.1, 0.15) is 18.4 Å². The van der Waals surface area contributed by atoms with Gasteiger partial charge in [-0.2, -0.15) is 4.31 Å². The predicted molar refractivity (Wildman–Crippen MR) is 85.6 cm³/mol. The number of hydrogen-bond acceptors (Lipinski definition) is 5. The Morgan fingerprint density at radius 2 is 2.00 bits per heavy atom. The number of halogens is 1. The lowest BCUT2D eigenvalue weighted by molar-refractivity contribution is 0.129. The largest absolute Gasteiger partial charge is 0.474 e. The van der Waals surface area contributed by atoms with Gasteiger partial charge in [0.15, 0.2) is 0 Å². The molecule has 1 aromatic carbocycles. The van der Waals surface area contributed by atoms with Gasteiger partial charge in [-0.1, -0.05) is 0 Å². The van der Waals surface area contributed by atoms with E-state index in [1.54, 1.807) is 19.2 Å². The highest BCUT2D eigenvalue weighted by molar-refractivity contribution is 7.89. The van der Waals surface area contributed by atoms with Crippen LogP contribution >= 0.6 is 0 Å². The molecule has 6 nitrogen and oxygen atoms in total. The molecular weight excluding hydrogens is 333 g/mol. The summed E-state index contributed by atoms with van der Waals surface area (Å²) in [7, 11) is -3.62. The molecule has 128 valence electrons. The third-order valence-corrected chi connectivity index (χ3v) is 6.06. The standard InChI is InChI=1S/C16H18FN3O3S/c1-12-10-13(17)2-3-15(12)24(21,22)20-8-5-14(6-9-20)23-16-4-7-18-11-19-16/h2-4,7,10-11,14H,5-6,8-9H2,1H3. The van der Waals surface area contributed by atoms with Gasteiger partial charge in [0, 0.05) is 25.4 Å². The van der Waals surface area contributed by atoms with Crippen molar-refractivity contribution in [1.29, 1.82) is 0 Å². The monoisotopic (exact) mass is 351 g/mol. The van der Waals surface area contributed by atoms with Gasteiger partial charge in [-0.3, -0.25) is 0 Å². The molecule has 0 amide bonds. The molecule has 3 rings (SSSR count). The fraction of sp³-hybridized carbons (Fsp3) is 0.375. The third kappa shape index (κ3) is 3.54. The molecule has 2 heterocycles. The van der Waals surface area contributed by atoms with Crippen LogP contribution in [0.25, 0.3) is 0 Å². The van der Waals surface area contributed by atoms with Gasteiger partial charge < -0.3 is 4.74 Å². The zero-order valence-corrected chi connectivity index (χ0v) is 14.0. The van der Waals surface area contributed by atoms with E-state index < -0.39 is 15.8 Å². The number of sulfonamides is 1. The molecule has 2 aromatic rings. The quantitative estimate of drug-likeness (QED) is 0.844. The number of rotatable bonds is 4. The second-order valence-corrected chi connectivity index (χ2v) is 7.59. The molecule has 0 spiro atoms. The average molecular weight is 351 g/mol. The molecule has 1 aliphatic heterocycles. The summed E-state index contributed by atoms with van der Waals surface area (Å²) in [6.07, 6.45) is 4.07. The zero-order chi connectivity index (χ0) is 17.2. The lowest BCUT2D eigenvalue weighted by Crippen LogP contribution is -2.42. The topological polar surface area (TPSA) is 72.4 Å². The van der Waals surface area contributed by atoms with E-state index in [4.69, 9.17) is 4.74 Å². The van der Waals surface area contributed by atoms with Crippen molar-refractivity contribution in [1.82, 2.24) is 14.3 Å². The minimum absolute atomic E-state index is 0.0827. The summed E-state index contributed by atoms with van der Waals surface area (Å²) in [6.45, 7) is 2.31. The van der Waals surface area contributed by atoms with Crippen LogP contribution in [0.15, 0.2) is 41.7 Å². The van der Waals surface area contributed by atoms with E-state index in [9.17, 15) is 12.8 Å². The molecule has 1 fully saturated rings. The van der Waals surface area contributed by atoms with Crippen LogP contribution in [-0.2, 0) is 10.0 Å². The number of ether oxygens (including phenoxy) is 1. The van der Waals surface area contributed by atoms with E-state index in [-0.39, 0.29) is 11.0 Å². The van der Waals surface area contributed by atoms with Gasteiger partial charge >= 0.3 is 0 Å². The van der Waals surface area contributed by atoms with E-state index in [2.05, 4.69) is 9.97 Å². The van der Waals surface area contributed by atoms with Crippen LogP contribution in [0.5, 0.6) is 5.88 Å². The average Bonchev–Trinajstić information content (AvgIpc) is 2.56. The van der Waals surface area contributed by atoms with Gasteiger partial charge in [0.05, 0.1) is 4.90 Å². The zero-order valence-electron chi connectivity index (χ0n) is 13.2. The number of hydrogen-bond donors (Lipinski definition) is 0. The van der Waals surface area contributed by atoms with Crippen molar-refractivity contribution < 1.29 is 17.5 Å². The maximum absolute atomic E-state index is 13.2. The first-order valence-electron chi connectivity index (χ1n) is 7.66. The van der Waals surface area contributed by atoms with Crippen LogP contribution in [0.3, 0.4) is 0 Å². The van der Waals surface area contributed by atoms with Gasteiger partial charge in [-0.15, -0.1) is 0 Å². The highest BCUT2D eigenvalue weighted by Gasteiger charge is 2.31. The Bertz CT molecular complexity index is 807. The SMILES string of the molecule is Cc1cc(F)ccc1S(=O)(=O)N1CCC(Oc2ccncn2)CC1. The van der Waals surface area contributed by atoms with E-state index in [0.717, 1.165) is 0 Å². The molecule has 8 heteroatoms. The molecule has 1 aromatic heterocycles. The number of aryl methyl sites for hydroxylation is 1. The summed E-state index contributed by atoms with van der Waals surface area (Å²) < 4.78 is 45.8. The van der Waals surface area contributed by atoms with Crippen LogP contribution in [0, 0.1) is 12.7 Å². The molecule has 0 aliphatic carbocycles. The molecule has 24 heavy (non-hydrogen) atoms. The molecular formula is C16H18FN3O3S. The molecule has 0 bridgehead atoms. The normalized spacial score (nSPS) is 16.9. The fourth-order valence-electron chi connectivity index (χ4n) is 2.75. The van der Waals surface area contributed by atoms with Crippen molar-refractivity contribution in [2.45, 2.75) is 30.8 Å². The summed E-state index contributed by atoms with van der Waals surface area (Å²) in [5.41, 5.74) is 0.411. The molecule has 0 N–H and O–H groups in total. The van der Waals surface area contributed by atoms with Crippen molar-refractivity contribution in [2.24, 2.45) is 0 Å². The summed E-state index contributed by atoms with van der Waals surface area (Å²) in [5, 5.41) is 0. The minimum Gasteiger partial charge on any atom is -0.474 e. The lowest BCUT2D eigenvalue weighted by Gasteiger charge is -2.31. The first-order valence-corrected chi connectivity index (χ1v) is 9.10. The third-order valence-electron chi connectivity index (χ3n) is 4.00. The highest BCUT2D eigenvalue weighted by atomic mass is 32.2. The van der Waals surface area contributed by atoms with Gasteiger partial charge in [-0.05, 0) is 43.5 Å². The second-order valence-electron chi connectivity index (χ2n) is 5.68. The van der Waals surface area contributed by atoms with E-state index in [1.165, 1.54) is 28.8 Å². The van der Waals surface area contributed by atoms with Crippen molar-refractivity contribution >= 4 is 10.0 Å². The summed E-state index contributed by atoms with van der Waals surface area (Å²) in [6, 6.07) is 5.40. The number of piperidine rings is 1. The van der Waals surface area contributed by atoms with Crippen LogP contribution in [0.2, 0.25) is 0 Å². The predicted octanol–water partition coefficient (Wildman–Crippen LogP) is 2.16. The van der Waals surface area contributed by atoms with Gasteiger partial charge in [-0.25, -0.2) is 22.8 Å². The first-order chi connectivity index (χ1) is 11.5. The van der Waals surface area contributed by atoms with Crippen molar-refractivity contribution in [2.75, 3.05) is 13.1 Å². The lowest BCUT2D eigenvalue weighted by atomic mass is 10.1. The number of benzene rings is 1. The van der Waals surface area contributed by atoms with E-state index in [0.29, 0.717) is 37.4 Å². The van der Waals surface area contributed by atoms with Crippen LogP contribution < -0.4 is 4.74 Å². The first kappa shape index (κ1) is 16.8. The smallest absolute Gasteiger partial charge is 0.243 e. The Kier molecular flexibility index (Phi) is 4.77. The maximum atomic E-state index is 13.2.